The zero-order chi connectivity index (χ0) is 25.2. The molecule has 1 unspecified atom stereocenters. The highest BCUT2D eigenvalue weighted by molar-refractivity contribution is 5.91. The lowest BCUT2D eigenvalue weighted by Gasteiger charge is -2.19. The number of carboxylic acid groups (broad SMARTS) is 1. The predicted molar refractivity (Wildman–Crippen MR) is 117 cm³/mol. The smallest absolute Gasteiger partial charge is 0.319 e. The fourth-order valence-electron chi connectivity index (χ4n) is 3.35. The molecular formula is C23H20F3N3O5. The molecule has 0 saturated carbocycles. The molecule has 3 aromatic rings. The van der Waals surface area contributed by atoms with E-state index in [1.165, 1.54) is 23.7 Å². The van der Waals surface area contributed by atoms with E-state index >= 15 is 0 Å². The molecule has 34 heavy (non-hydrogen) atoms. The molecule has 0 radical (unpaired) electrons. The molecule has 1 heterocycles. The Kier molecular flexibility index (Phi) is 6.94. The summed E-state index contributed by atoms with van der Waals surface area (Å²) in [5, 5.41) is 23.8. The van der Waals surface area contributed by atoms with Gasteiger partial charge in [-0.05, 0) is 48.4 Å². The van der Waals surface area contributed by atoms with Crippen LogP contribution in [0.1, 0.15) is 23.7 Å². The molecule has 178 valence electrons. The summed E-state index contributed by atoms with van der Waals surface area (Å²) in [4.78, 5) is 36.3. The first kappa shape index (κ1) is 24.4. The Balaban J connectivity index is 1.94. The van der Waals surface area contributed by atoms with E-state index in [2.05, 4.69) is 10.6 Å². The van der Waals surface area contributed by atoms with E-state index in [1.807, 2.05) is 0 Å². The number of benzene rings is 2. The van der Waals surface area contributed by atoms with Crippen molar-refractivity contribution in [3.05, 3.63) is 81.5 Å². The Morgan fingerprint density at radius 2 is 1.76 bits per heavy atom. The number of hydrogen-bond donors (Lipinski definition) is 4. The van der Waals surface area contributed by atoms with Gasteiger partial charge in [-0.1, -0.05) is 0 Å². The van der Waals surface area contributed by atoms with Gasteiger partial charge in [-0.25, -0.2) is 18.0 Å². The van der Waals surface area contributed by atoms with Gasteiger partial charge in [0, 0.05) is 30.4 Å². The normalized spacial score (nSPS) is 11.7. The van der Waals surface area contributed by atoms with Crippen LogP contribution in [0.4, 0.5) is 23.7 Å². The topological polar surface area (TPSA) is 121 Å². The molecule has 2 aromatic carbocycles. The van der Waals surface area contributed by atoms with Crippen molar-refractivity contribution < 1.29 is 33.0 Å². The Morgan fingerprint density at radius 1 is 1.06 bits per heavy atom. The second-order valence-electron chi connectivity index (χ2n) is 7.56. The number of hydrogen-bond acceptors (Lipinski definition) is 4. The number of pyridine rings is 1. The third-order valence-electron chi connectivity index (χ3n) is 5.14. The Bertz CT molecular complexity index is 1340. The summed E-state index contributed by atoms with van der Waals surface area (Å²) in [5.74, 6) is -4.46. The van der Waals surface area contributed by atoms with Crippen molar-refractivity contribution in [3.8, 4) is 16.9 Å². The number of nitrogens with one attached hydrogen (secondary N) is 2. The number of aromatic nitrogens is 1. The lowest BCUT2D eigenvalue weighted by Crippen LogP contribution is -2.36. The Morgan fingerprint density at radius 3 is 2.41 bits per heavy atom. The van der Waals surface area contributed by atoms with E-state index in [0.717, 1.165) is 24.3 Å². The molecule has 3 rings (SSSR count). The maximum atomic E-state index is 14.3. The minimum absolute atomic E-state index is 0.00450. The number of amides is 2. The number of aliphatic carboxylic acids is 1. The van der Waals surface area contributed by atoms with Crippen LogP contribution >= 0.6 is 0 Å². The highest BCUT2D eigenvalue weighted by Crippen LogP contribution is 2.29. The number of anilines is 1. The van der Waals surface area contributed by atoms with Crippen LogP contribution in [0.3, 0.4) is 0 Å². The lowest BCUT2D eigenvalue weighted by molar-refractivity contribution is -0.137. The minimum Gasteiger partial charge on any atom is -0.505 e. The third-order valence-corrected chi connectivity index (χ3v) is 5.14. The van der Waals surface area contributed by atoms with Crippen LogP contribution in [0.5, 0.6) is 5.75 Å². The van der Waals surface area contributed by atoms with Gasteiger partial charge in [-0.2, -0.15) is 0 Å². The van der Waals surface area contributed by atoms with Gasteiger partial charge in [0.05, 0.1) is 12.5 Å². The van der Waals surface area contributed by atoms with Crippen molar-refractivity contribution >= 4 is 17.7 Å². The molecule has 0 fully saturated rings. The van der Waals surface area contributed by atoms with Gasteiger partial charge in [0.25, 0.3) is 5.56 Å². The SMILES string of the molecule is Cc1cc(O)c(NC(=O)NC(CC(=O)O)c2cc(F)cc(-c3ccc(F)cc3F)c2)c(=O)n1C. The van der Waals surface area contributed by atoms with E-state index in [9.17, 15) is 37.8 Å². The van der Waals surface area contributed by atoms with Crippen molar-refractivity contribution in [2.75, 3.05) is 5.32 Å². The number of aryl methyl sites for hydroxylation is 1. The molecule has 4 N–H and O–H groups in total. The van der Waals surface area contributed by atoms with E-state index in [4.69, 9.17) is 0 Å². The van der Waals surface area contributed by atoms with Gasteiger partial charge in [0.2, 0.25) is 0 Å². The average molecular weight is 475 g/mol. The van der Waals surface area contributed by atoms with Crippen LogP contribution in [-0.4, -0.2) is 26.8 Å². The van der Waals surface area contributed by atoms with Crippen LogP contribution in [0.2, 0.25) is 0 Å². The van der Waals surface area contributed by atoms with Crippen molar-refractivity contribution in [1.29, 1.82) is 0 Å². The van der Waals surface area contributed by atoms with Gasteiger partial charge in [0.15, 0.2) is 5.69 Å². The molecule has 0 aliphatic heterocycles. The summed E-state index contributed by atoms with van der Waals surface area (Å²) >= 11 is 0. The summed E-state index contributed by atoms with van der Waals surface area (Å²) in [6.45, 7) is 1.57. The van der Waals surface area contributed by atoms with Crippen LogP contribution in [0.15, 0.2) is 47.3 Å². The molecule has 11 heteroatoms. The molecule has 0 aliphatic carbocycles. The largest absolute Gasteiger partial charge is 0.505 e. The summed E-state index contributed by atoms with van der Waals surface area (Å²) < 4.78 is 43.0. The number of carbonyl (C=O) groups is 2. The first-order valence-electron chi connectivity index (χ1n) is 9.91. The Hall–Kier alpha value is -4.28. The summed E-state index contributed by atoms with van der Waals surface area (Å²) in [5.41, 5.74) is -0.867. The quantitative estimate of drug-likeness (QED) is 0.432. The van der Waals surface area contributed by atoms with Gasteiger partial charge in [-0.15, -0.1) is 0 Å². The summed E-state index contributed by atoms with van der Waals surface area (Å²) in [7, 11) is 1.43. The molecule has 0 bridgehead atoms. The number of halogens is 3. The van der Waals surface area contributed by atoms with E-state index < -0.39 is 58.9 Å². The maximum absolute atomic E-state index is 14.3. The molecule has 2 amide bonds. The molecule has 0 spiro atoms. The van der Waals surface area contributed by atoms with Crippen molar-refractivity contribution in [2.24, 2.45) is 7.05 Å². The summed E-state index contributed by atoms with van der Waals surface area (Å²) in [6, 6.07) is 4.82. The van der Waals surface area contributed by atoms with Crippen molar-refractivity contribution in [3.63, 3.8) is 0 Å². The van der Waals surface area contributed by atoms with Gasteiger partial charge in [0.1, 0.15) is 23.2 Å². The number of carboxylic acids is 1. The van der Waals surface area contributed by atoms with E-state index in [0.29, 0.717) is 11.8 Å². The fourth-order valence-corrected chi connectivity index (χ4v) is 3.35. The van der Waals surface area contributed by atoms with Gasteiger partial charge in [-0.3, -0.25) is 9.59 Å². The number of aromatic hydroxyl groups is 1. The van der Waals surface area contributed by atoms with Gasteiger partial charge >= 0.3 is 12.0 Å². The Labute approximate surface area is 191 Å². The van der Waals surface area contributed by atoms with Crippen LogP contribution in [0, 0.1) is 24.4 Å². The molecule has 8 nitrogen and oxygen atoms in total. The van der Waals surface area contributed by atoms with Crippen molar-refractivity contribution in [1.82, 2.24) is 9.88 Å². The van der Waals surface area contributed by atoms with E-state index in [1.54, 1.807) is 6.92 Å². The maximum Gasteiger partial charge on any atom is 0.319 e. The number of urea groups is 1. The summed E-state index contributed by atoms with van der Waals surface area (Å²) in [6.07, 6.45) is -0.680. The zero-order valence-electron chi connectivity index (χ0n) is 18.0. The van der Waals surface area contributed by atoms with Crippen LogP contribution < -0.4 is 16.2 Å². The molecule has 1 aromatic heterocycles. The first-order chi connectivity index (χ1) is 16.0. The van der Waals surface area contributed by atoms with Crippen LogP contribution in [0.25, 0.3) is 11.1 Å². The second kappa shape index (κ2) is 9.69. The molecular weight excluding hydrogens is 455 g/mol. The predicted octanol–water partition coefficient (Wildman–Crippen LogP) is 3.82. The monoisotopic (exact) mass is 475 g/mol. The average Bonchev–Trinajstić information content (AvgIpc) is 2.74. The highest BCUT2D eigenvalue weighted by atomic mass is 19.1. The van der Waals surface area contributed by atoms with E-state index in [-0.39, 0.29) is 16.7 Å². The molecule has 0 aliphatic rings. The number of carbonyl (C=O) groups excluding carboxylic acids is 1. The first-order valence-corrected chi connectivity index (χ1v) is 9.91. The molecule has 0 saturated heterocycles. The third kappa shape index (κ3) is 5.37. The number of rotatable bonds is 6. The van der Waals surface area contributed by atoms with Crippen molar-refractivity contribution in [2.45, 2.75) is 19.4 Å². The van der Waals surface area contributed by atoms with Gasteiger partial charge < -0.3 is 25.4 Å². The highest BCUT2D eigenvalue weighted by Gasteiger charge is 2.22. The fraction of sp³-hybridized carbons (Fsp3) is 0.174. The number of nitrogens with zero attached hydrogens (tertiary/aromatic N) is 1. The molecule has 1 atom stereocenters. The minimum atomic E-state index is -1.34. The lowest BCUT2D eigenvalue weighted by atomic mass is 9.97. The second-order valence-corrected chi connectivity index (χ2v) is 7.56. The zero-order valence-corrected chi connectivity index (χ0v) is 18.0. The standard InChI is InChI=1S/C23H20F3N3O5/c1-11-5-19(30)21(22(33)29(11)2)28-23(34)27-18(10-20(31)32)13-6-12(7-15(25)8-13)16-4-3-14(24)9-17(16)26/h3-9,18,30H,10H2,1-2H3,(H,31,32)(H2,27,28,34). The van der Waals surface area contributed by atoms with Crippen LogP contribution in [-0.2, 0) is 11.8 Å².